The van der Waals surface area contributed by atoms with E-state index >= 15 is 0 Å². The summed E-state index contributed by atoms with van der Waals surface area (Å²) in [4.78, 5) is 12.3. The van der Waals surface area contributed by atoms with Gasteiger partial charge in [-0.3, -0.25) is 4.79 Å². The summed E-state index contributed by atoms with van der Waals surface area (Å²) in [5.74, 6) is -0.0788. The number of unbranched alkanes of at least 4 members (excludes halogenated alkanes) is 16. The van der Waals surface area contributed by atoms with Gasteiger partial charge in [0.2, 0.25) is 5.91 Å². The van der Waals surface area contributed by atoms with Gasteiger partial charge in [-0.25, -0.2) is 0 Å². The number of hydrogen-bond donors (Lipinski definition) is 3. The van der Waals surface area contributed by atoms with Crippen molar-refractivity contribution >= 4 is 5.91 Å². The molecule has 2 unspecified atom stereocenters. The molecule has 0 aromatic heterocycles. The lowest BCUT2D eigenvalue weighted by Crippen LogP contribution is -2.45. The highest BCUT2D eigenvalue weighted by molar-refractivity contribution is 5.76. The van der Waals surface area contributed by atoms with Gasteiger partial charge in [0.05, 0.1) is 18.8 Å². The maximum atomic E-state index is 12.3. The number of rotatable bonds is 43. The monoisotopic (exact) mass is 840 g/mol. The molecule has 4 nitrogen and oxygen atoms in total. The molecule has 0 aromatic carbocycles. The third-order valence-corrected chi connectivity index (χ3v) is 10.4. The lowest BCUT2D eigenvalue weighted by Gasteiger charge is -2.20. The topological polar surface area (TPSA) is 69.6 Å². The molecule has 2 atom stereocenters. The Morgan fingerprint density at radius 2 is 0.721 bits per heavy atom. The van der Waals surface area contributed by atoms with Crippen LogP contribution in [0.3, 0.4) is 0 Å². The molecule has 0 saturated heterocycles. The molecule has 0 rings (SSSR count). The number of carbonyl (C=O) groups excluding carboxylic acids is 1. The van der Waals surface area contributed by atoms with Gasteiger partial charge in [-0.15, -0.1) is 0 Å². The second-order valence-corrected chi connectivity index (χ2v) is 16.1. The standard InChI is InChI=1S/C57H93NO3/c1-3-5-7-9-11-13-14-15-16-17-18-19-20-21-22-23-24-25-26-27-28-29-30-31-32-33-34-35-36-37-38-39-40-41-42-43-44-45-47-49-51-53-57(61)58-55(54-59)56(60)52-50-48-46-12-10-8-6-4-2/h5,7,11,13,15-16,18-19,21-22,24-25,27-28,30-31,33-34,36-37,50,52,55-56,59-60H,3-4,6,8-10,12,14,17,20,23,26,29,32,35,38-49,51,53-54H2,1-2H3,(H,58,61)/b7-5-,13-11-,16-15-,19-18-,22-21-,25-24-,28-27-,31-30-,34-33-,37-36-,52-50+. The van der Waals surface area contributed by atoms with Crippen molar-refractivity contribution in [3.05, 3.63) is 134 Å². The quantitative estimate of drug-likeness (QED) is 0.0423. The van der Waals surface area contributed by atoms with Crippen LogP contribution in [-0.4, -0.2) is 34.9 Å². The largest absolute Gasteiger partial charge is 0.394 e. The minimum absolute atomic E-state index is 0.0788. The molecule has 0 saturated carbocycles. The van der Waals surface area contributed by atoms with E-state index in [1.165, 1.54) is 89.9 Å². The van der Waals surface area contributed by atoms with Crippen LogP contribution >= 0.6 is 0 Å². The fourth-order valence-corrected chi connectivity index (χ4v) is 6.62. The minimum Gasteiger partial charge on any atom is -0.394 e. The predicted molar refractivity (Wildman–Crippen MR) is 271 cm³/mol. The van der Waals surface area contributed by atoms with Crippen LogP contribution < -0.4 is 5.32 Å². The van der Waals surface area contributed by atoms with E-state index in [9.17, 15) is 15.0 Å². The summed E-state index contributed by atoms with van der Waals surface area (Å²) >= 11 is 0. The SMILES string of the molecule is CC/C=C\C/C=C\C/C=C\C/C=C\C/C=C\C/C=C\C/C=C\C/C=C\C/C=C\C/C=C\CCCCCCCCCCCCC(=O)NC(CO)C(O)/C=C/CCCCCCCC. The molecule has 0 aromatic rings. The number of aliphatic hydroxyl groups excluding tert-OH is 2. The number of aliphatic hydroxyl groups is 2. The van der Waals surface area contributed by atoms with Crippen LogP contribution in [0.15, 0.2) is 134 Å². The van der Waals surface area contributed by atoms with Crippen LogP contribution in [-0.2, 0) is 4.79 Å². The Bertz CT molecular complexity index is 1270. The molecule has 1 amide bonds. The van der Waals surface area contributed by atoms with Crippen molar-refractivity contribution in [3.63, 3.8) is 0 Å². The van der Waals surface area contributed by atoms with Gasteiger partial charge in [0.15, 0.2) is 0 Å². The second-order valence-electron chi connectivity index (χ2n) is 16.1. The van der Waals surface area contributed by atoms with Gasteiger partial charge >= 0.3 is 0 Å². The normalized spacial score (nSPS) is 14.1. The Balaban J connectivity index is 3.61. The first-order chi connectivity index (χ1) is 30.2. The maximum absolute atomic E-state index is 12.3. The average Bonchev–Trinajstić information content (AvgIpc) is 3.26. The summed E-state index contributed by atoms with van der Waals surface area (Å²) in [5.41, 5.74) is 0. The lowest BCUT2D eigenvalue weighted by atomic mass is 10.0. The fourth-order valence-electron chi connectivity index (χ4n) is 6.62. The van der Waals surface area contributed by atoms with Gasteiger partial charge in [-0.05, 0) is 96.3 Å². The Hall–Kier alpha value is -3.47. The summed E-state index contributed by atoms with van der Waals surface area (Å²) in [5, 5.41) is 22.8. The zero-order valence-electron chi connectivity index (χ0n) is 39.4. The van der Waals surface area contributed by atoms with Crippen molar-refractivity contribution in [2.45, 2.75) is 212 Å². The van der Waals surface area contributed by atoms with E-state index in [4.69, 9.17) is 0 Å². The van der Waals surface area contributed by atoms with Crippen LogP contribution in [0.25, 0.3) is 0 Å². The van der Waals surface area contributed by atoms with Crippen LogP contribution in [0.2, 0.25) is 0 Å². The summed E-state index contributed by atoms with van der Waals surface area (Å²) in [6.07, 6.45) is 80.2. The van der Waals surface area contributed by atoms with Crippen molar-refractivity contribution in [3.8, 4) is 0 Å². The molecular formula is C57H93NO3. The predicted octanol–water partition coefficient (Wildman–Crippen LogP) is 16.3. The van der Waals surface area contributed by atoms with Gasteiger partial charge < -0.3 is 15.5 Å². The molecule has 4 heteroatoms. The van der Waals surface area contributed by atoms with Gasteiger partial charge in [0, 0.05) is 6.42 Å². The molecule has 0 radical (unpaired) electrons. The first-order valence-corrected chi connectivity index (χ1v) is 24.9. The molecule has 0 aliphatic heterocycles. The van der Waals surface area contributed by atoms with E-state index < -0.39 is 12.1 Å². The molecule has 0 aliphatic carbocycles. The Labute approximate surface area is 377 Å². The van der Waals surface area contributed by atoms with Gasteiger partial charge in [-0.2, -0.15) is 0 Å². The minimum atomic E-state index is -0.845. The molecule has 0 fully saturated rings. The van der Waals surface area contributed by atoms with E-state index in [2.05, 4.69) is 141 Å². The van der Waals surface area contributed by atoms with E-state index in [0.29, 0.717) is 6.42 Å². The first kappa shape index (κ1) is 57.5. The number of hydrogen-bond acceptors (Lipinski definition) is 3. The van der Waals surface area contributed by atoms with E-state index in [-0.39, 0.29) is 12.5 Å². The summed E-state index contributed by atoms with van der Waals surface area (Å²) in [6.45, 7) is 4.13. The van der Waals surface area contributed by atoms with Crippen molar-refractivity contribution in [2.75, 3.05) is 6.61 Å². The van der Waals surface area contributed by atoms with Gasteiger partial charge in [0.25, 0.3) is 0 Å². The second kappa shape index (κ2) is 50.9. The van der Waals surface area contributed by atoms with Crippen LogP contribution in [0.5, 0.6) is 0 Å². The maximum Gasteiger partial charge on any atom is 0.220 e. The van der Waals surface area contributed by atoms with Gasteiger partial charge in [-0.1, -0.05) is 231 Å². The first-order valence-electron chi connectivity index (χ1n) is 24.9. The van der Waals surface area contributed by atoms with Crippen molar-refractivity contribution < 1.29 is 15.0 Å². The zero-order chi connectivity index (χ0) is 44.2. The Morgan fingerprint density at radius 1 is 0.410 bits per heavy atom. The fraction of sp³-hybridized carbons (Fsp3) is 0.596. The van der Waals surface area contributed by atoms with Crippen molar-refractivity contribution in [1.82, 2.24) is 5.32 Å². The van der Waals surface area contributed by atoms with Crippen molar-refractivity contribution in [1.29, 1.82) is 0 Å². The average molecular weight is 840 g/mol. The number of amides is 1. The summed E-state index contributed by atoms with van der Waals surface area (Å²) in [7, 11) is 0. The molecule has 0 bridgehead atoms. The Kier molecular flexibility index (Phi) is 48.0. The van der Waals surface area contributed by atoms with Crippen molar-refractivity contribution in [2.24, 2.45) is 0 Å². The summed E-state index contributed by atoms with van der Waals surface area (Å²) in [6, 6.07) is -0.630. The molecule has 61 heavy (non-hydrogen) atoms. The highest BCUT2D eigenvalue weighted by Crippen LogP contribution is 2.13. The lowest BCUT2D eigenvalue weighted by molar-refractivity contribution is -0.123. The van der Waals surface area contributed by atoms with Crippen LogP contribution in [0, 0.1) is 0 Å². The van der Waals surface area contributed by atoms with E-state index in [1.54, 1.807) is 6.08 Å². The van der Waals surface area contributed by atoms with E-state index in [0.717, 1.165) is 89.9 Å². The molecule has 0 aliphatic rings. The third-order valence-electron chi connectivity index (χ3n) is 10.4. The smallest absolute Gasteiger partial charge is 0.220 e. The highest BCUT2D eigenvalue weighted by Gasteiger charge is 2.17. The summed E-state index contributed by atoms with van der Waals surface area (Å²) < 4.78 is 0. The molecule has 0 heterocycles. The Morgan fingerprint density at radius 3 is 1.08 bits per heavy atom. The number of allylic oxidation sites excluding steroid dienone is 21. The molecule has 344 valence electrons. The van der Waals surface area contributed by atoms with Crippen LogP contribution in [0.4, 0.5) is 0 Å². The highest BCUT2D eigenvalue weighted by atomic mass is 16.3. The van der Waals surface area contributed by atoms with E-state index in [1.807, 2.05) is 6.08 Å². The molecular weight excluding hydrogens is 747 g/mol. The number of nitrogens with one attached hydrogen (secondary N) is 1. The molecule has 0 spiro atoms. The van der Waals surface area contributed by atoms with Gasteiger partial charge in [0.1, 0.15) is 0 Å². The zero-order valence-corrected chi connectivity index (χ0v) is 39.4. The third kappa shape index (κ3) is 47.4. The molecule has 3 N–H and O–H groups in total. The van der Waals surface area contributed by atoms with Crippen LogP contribution in [0.1, 0.15) is 200 Å². The number of carbonyl (C=O) groups is 1.